The number of aryl methyl sites for hydroxylation is 1. The van der Waals surface area contributed by atoms with Gasteiger partial charge in [0.05, 0.1) is 11.1 Å². The summed E-state index contributed by atoms with van der Waals surface area (Å²) in [5.74, 6) is 0.690. The summed E-state index contributed by atoms with van der Waals surface area (Å²) < 4.78 is 7.32. The van der Waals surface area contributed by atoms with Crippen LogP contribution in [0.2, 0.25) is 5.02 Å². The number of nitrogens with zero attached hydrogens (tertiary/aromatic N) is 1. The van der Waals surface area contributed by atoms with Crippen molar-refractivity contribution < 1.29 is 4.74 Å². The molecule has 1 aromatic carbocycles. The molecule has 2 rings (SSSR count). The molecule has 1 atom stereocenters. The predicted octanol–water partition coefficient (Wildman–Crippen LogP) is 3.99. The molecule has 1 unspecified atom stereocenters. The summed E-state index contributed by atoms with van der Waals surface area (Å²) in [5, 5.41) is 3.98. The van der Waals surface area contributed by atoms with Crippen LogP contribution in [0.25, 0.3) is 0 Å². The SMILES string of the molecule is Cc1ccc(CNC(C)c2ccc(OC(C)C)c(Cl)c2)c(=O)n1C. The van der Waals surface area contributed by atoms with Crippen molar-refractivity contribution in [3.63, 3.8) is 0 Å². The van der Waals surface area contributed by atoms with Crippen molar-refractivity contribution in [2.45, 2.75) is 46.4 Å². The maximum Gasteiger partial charge on any atom is 0.254 e. The van der Waals surface area contributed by atoms with Crippen molar-refractivity contribution in [1.29, 1.82) is 0 Å². The topological polar surface area (TPSA) is 43.3 Å². The first kappa shape index (κ1) is 18.6. The van der Waals surface area contributed by atoms with Crippen molar-refractivity contribution in [2.75, 3.05) is 0 Å². The Morgan fingerprint density at radius 1 is 1.21 bits per heavy atom. The normalized spacial score (nSPS) is 12.5. The van der Waals surface area contributed by atoms with E-state index >= 15 is 0 Å². The molecule has 0 radical (unpaired) electrons. The number of nitrogens with one attached hydrogen (secondary N) is 1. The highest BCUT2D eigenvalue weighted by Crippen LogP contribution is 2.28. The lowest BCUT2D eigenvalue weighted by Gasteiger charge is -2.17. The zero-order chi connectivity index (χ0) is 17.9. The van der Waals surface area contributed by atoms with Gasteiger partial charge in [-0.2, -0.15) is 0 Å². The van der Waals surface area contributed by atoms with E-state index in [2.05, 4.69) is 5.32 Å². The minimum Gasteiger partial charge on any atom is -0.489 e. The molecule has 24 heavy (non-hydrogen) atoms. The number of pyridine rings is 1. The molecule has 0 saturated heterocycles. The predicted molar refractivity (Wildman–Crippen MR) is 98.9 cm³/mol. The van der Waals surface area contributed by atoms with Gasteiger partial charge in [-0.1, -0.05) is 23.7 Å². The second-order valence-corrected chi connectivity index (χ2v) is 6.73. The zero-order valence-corrected chi connectivity index (χ0v) is 15.6. The lowest BCUT2D eigenvalue weighted by atomic mass is 10.1. The summed E-state index contributed by atoms with van der Waals surface area (Å²) in [6.45, 7) is 8.42. The van der Waals surface area contributed by atoms with E-state index in [1.165, 1.54) is 0 Å². The van der Waals surface area contributed by atoms with Gasteiger partial charge in [0.2, 0.25) is 0 Å². The third-order valence-corrected chi connectivity index (χ3v) is 4.35. The average molecular weight is 349 g/mol. The molecule has 0 amide bonds. The summed E-state index contributed by atoms with van der Waals surface area (Å²) in [6, 6.07) is 9.70. The summed E-state index contributed by atoms with van der Waals surface area (Å²) in [4.78, 5) is 12.2. The number of aromatic nitrogens is 1. The fourth-order valence-corrected chi connectivity index (χ4v) is 2.66. The van der Waals surface area contributed by atoms with Gasteiger partial charge in [0.1, 0.15) is 5.75 Å². The molecule has 0 fully saturated rings. The van der Waals surface area contributed by atoms with Gasteiger partial charge in [-0.15, -0.1) is 0 Å². The minimum absolute atomic E-state index is 0.0356. The van der Waals surface area contributed by atoms with Crippen LogP contribution in [-0.4, -0.2) is 10.7 Å². The van der Waals surface area contributed by atoms with Crippen LogP contribution >= 0.6 is 11.6 Å². The first-order valence-corrected chi connectivity index (χ1v) is 8.52. The molecule has 0 aliphatic rings. The lowest BCUT2D eigenvalue weighted by molar-refractivity contribution is 0.242. The van der Waals surface area contributed by atoms with Crippen molar-refractivity contribution in [1.82, 2.24) is 9.88 Å². The first-order valence-electron chi connectivity index (χ1n) is 8.14. The van der Waals surface area contributed by atoms with E-state index in [1.807, 2.05) is 58.0 Å². The van der Waals surface area contributed by atoms with Crippen molar-refractivity contribution in [3.8, 4) is 5.75 Å². The largest absolute Gasteiger partial charge is 0.489 e. The van der Waals surface area contributed by atoms with Gasteiger partial charge in [-0.25, -0.2) is 0 Å². The number of rotatable bonds is 6. The van der Waals surface area contributed by atoms with E-state index in [0.29, 0.717) is 17.3 Å². The summed E-state index contributed by atoms with van der Waals surface area (Å²) in [6.07, 6.45) is 0.0849. The highest BCUT2D eigenvalue weighted by atomic mass is 35.5. The molecule has 0 spiro atoms. The number of hydrogen-bond donors (Lipinski definition) is 1. The molecule has 2 aromatic rings. The van der Waals surface area contributed by atoms with Crippen LogP contribution in [-0.2, 0) is 13.6 Å². The Morgan fingerprint density at radius 3 is 2.54 bits per heavy atom. The summed E-state index contributed by atoms with van der Waals surface area (Å²) >= 11 is 6.29. The van der Waals surface area contributed by atoms with E-state index in [0.717, 1.165) is 16.8 Å². The molecule has 0 aliphatic heterocycles. The number of ether oxygens (including phenoxy) is 1. The third-order valence-electron chi connectivity index (χ3n) is 4.05. The Bertz CT molecular complexity index is 768. The van der Waals surface area contributed by atoms with Gasteiger partial charge < -0.3 is 14.6 Å². The van der Waals surface area contributed by atoms with E-state index in [9.17, 15) is 4.79 Å². The molecule has 1 N–H and O–H groups in total. The Morgan fingerprint density at radius 2 is 1.92 bits per heavy atom. The average Bonchev–Trinajstić information content (AvgIpc) is 2.53. The van der Waals surface area contributed by atoms with Crippen LogP contribution in [0.3, 0.4) is 0 Å². The van der Waals surface area contributed by atoms with Gasteiger partial charge in [-0.05, 0) is 51.5 Å². The summed E-state index contributed by atoms with van der Waals surface area (Å²) in [7, 11) is 1.79. The molecule has 1 heterocycles. The van der Waals surface area contributed by atoms with Gasteiger partial charge in [0.15, 0.2) is 0 Å². The maximum absolute atomic E-state index is 12.2. The molecule has 0 aliphatic carbocycles. The smallest absolute Gasteiger partial charge is 0.254 e. The van der Waals surface area contributed by atoms with E-state index in [-0.39, 0.29) is 17.7 Å². The number of benzene rings is 1. The van der Waals surface area contributed by atoms with Gasteiger partial charge in [0, 0.05) is 30.9 Å². The van der Waals surface area contributed by atoms with Crippen LogP contribution < -0.4 is 15.6 Å². The van der Waals surface area contributed by atoms with Gasteiger partial charge in [-0.3, -0.25) is 4.79 Å². The summed E-state index contributed by atoms with van der Waals surface area (Å²) in [5.41, 5.74) is 2.79. The van der Waals surface area contributed by atoms with E-state index < -0.39 is 0 Å². The number of hydrogen-bond acceptors (Lipinski definition) is 3. The standard InChI is InChI=1S/C19H25ClN2O2/c1-12(2)24-18-9-8-15(10-17(18)20)14(4)21-11-16-7-6-13(3)22(5)19(16)23/h6-10,12,14,21H,11H2,1-5H3. The monoisotopic (exact) mass is 348 g/mol. The first-order chi connectivity index (χ1) is 11.3. The number of halogens is 1. The van der Waals surface area contributed by atoms with Crippen molar-refractivity contribution >= 4 is 11.6 Å². The minimum atomic E-state index is 0.0356. The molecular weight excluding hydrogens is 324 g/mol. The molecule has 0 saturated carbocycles. The third kappa shape index (κ3) is 4.40. The molecule has 130 valence electrons. The maximum atomic E-state index is 12.2. The van der Waals surface area contributed by atoms with Gasteiger partial charge in [0.25, 0.3) is 5.56 Å². The highest BCUT2D eigenvalue weighted by molar-refractivity contribution is 6.32. The van der Waals surface area contributed by atoms with Crippen molar-refractivity contribution in [3.05, 3.63) is 62.5 Å². The second kappa shape index (κ2) is 7.86. The van der Waals surface area contributed by atoms with Crippen LogP contribution in [0.5, 0.6) is 5.75 Å². The Kier molecular flexibility index (Phi) is 6.08. The Hall–Kier alpha value is -1.78. The Labute approximate surface area is 148 Å². The van der Waals surface area contributed by atoms with Crippen LogP contribution in [0, 0.1) is 6.92 Å². The molecule has 5 heteroatoms. The van der Waals surface area contributed by atoms with E-state index in [1.54, 1.807) is 11.6 Å². The van der Waals surface area contributed by atoms with Crippen LogP contribution in [0.15, 0.2) is 35.1 Å². The highest BCUT2D eigenvalue weighted by Gasteiger charge is 2.11. The lowest BCUT2D eigenvalue weighted by Crippen LogP contribution is -2.27. The second-order valence-electron chi connectivity index (χ2n) is 6.32. The Balaban J connectivity index is 2.08. The van der Waals surface area contributed by atoms with Gasteiger partial charge >= 0.3 is 0 Å². The molecule has 0 bridgehead atoms. The fraction of sp³-hybridized carbons (Fsp3) is 0.421. The zero-order valence-electron chi connectivity index (χ0n) is 14.9. The molecule has 1 aromatic heterocycles. The fourth-order valence-electron chi connectivity index (χ4n) is 2.43. The quantitative estimate of drug-likeness (QED) is 0.858. The van der Waals surface area contributed by atoms with Crippen molar-refractivity contribution in [2.24, 2.45) is 7.05 Å². The molecule has 4 nitrogen and oxygen atoms in total. The van der Waals surface area contributed by atoms with Crippen LogP contribution in [0.4, 0.5) is 0 Å². The molecular formula is C19H25ClN2O2. The van der Waals surface area contributed by atoms with Crippen LogP contribution in [0.1, 0.15) is 43.6 Å². The van der Waals surface area contributed by atoms with E-state index in [4.69, 9.17) is 16.3 Å².